The zero-order valence-electron chi connectivity index (χ0n) is 12.2. The summed E-state index contributed by atoms with van der Waals surface area (Å²) in [7, 11) is 0. The minimum atomic E-state index is -0.550. The number of rotatable bonds is 5. The van der Waals surface area contributed by atoms with Crippen LogP contribution < -0.4 is 0 Å². The maximum absolute atomic E-state index is 13.0. The summed E-state index contributed by atoms with van der Waals surface area (Å²) >= 11 is 0. The fraction of sp³-hybridized carbons (Fsp3) is 1.00. The normalized spacial score (nSPS) is 42.0. The van der Waals surface area contributed by atoms with Crippen LogP contribution in [0.3, 0.4) is 0 Å². The maximum Gasteiger partial charge on any atom is 0.104 e. The van der Waals surface area contributed by atoms with E-state index in [2.05, 4.69) is 20.8 Å². The van der Waals surface area contributed by atoms with E-state index in [1.54, 1.807) is 0 Å². The minimum Gasteiger partial charge on any atom is -0.390 e. The summed E-state index contributed by atoms with van der Waals surface area (Å²) in [5.41, 5.74) is -0.444. The second-order valence-corrected chi connectivity index (χ2v) is 7.24. The van der Waals surface area contributed by atoms with Crippen LogP contribution in [-0.2, 0) is 0 Å². The monoisotopic (exact) mass is 256 g/mol. The van der Waals surface area contributed by atoms with Gasteiger partial charge in [0.05, 0.1) is 5.60 Å². The van der Waals surface area contributed by atoms with Gasteiger partial charge in [0.25, 0.3) is 0 Å². The van der Waals surface area contributed by atoms with Crippen molar-refractivity contribution in [1.82, 2.24) is 0 Å². The highest BCUT2D eigenvalue weighted by Crippen LogP contribution is 2.44. The van der Waals surface area contributed by atoms with Gasteiger partial charge in [-0.1, -0.05) is 20.8 Å². The highest BCUT2D eigenvalue weighted by atomic mass is 19.1. The molecule has 2 heteroatoms. The molecule has 0 spiro atoms. The molecular weight excluding hydrogens is 227 g/mol. The Balaban J connectivity index is 1.72. The van der Waals surface area contributed by atoms with Crippen molar-refractivity contribution in [2.24, 2.45) is 23.7 Å². The Kier molecular flexibility index (Phi) is 4.36. The molecule has 2 fully saturated rings. The van der Waals surface area contributed by atoms with E-state index in [0.717, 1.165) is 56.8 Å². The van der Waals surface area contributed by atoms with Crippen molar-refractivity contribution in [1.29, 1.82) is 0 Å². The molecule has 1 nitrogen and oxygen atoms in total. The van der Waals surface area contributed by atoms with Crippen molar-refractivity contribution in [3.63, 3.8) is 0 Å². The first-order valence-corrected chi connectivity index (χ1v) is 7.78. The molecule has 0 amide bonds. The quantitative estimate of drug-likeness (QED) is 0.776. The summed E-state index contributed by atoms with van der Waals surface area (Å²) in [5.74, 6) is 2.28. The molecule has 18 heavy (non-hydrogen) atoms. The van der Waals surface area contributed by atoms with Gasteiger partial charge >= 0.3 is 0 Å². The number of aliphatic hydroxyl groups is 1. The summed E-state index contributed by atoms with van der Waals surface area (Å²) in [5, 5.41) is 10.6. The highest BCUT2D eigenvalue weighted by Gasteiger charge is 2.42. The van der Waals surface area contributed by atoms with Crippen molar-refractivity contribution < 1.29 is 9.50 Å². The van der Waals surface area contributed by atoms with Crippen LogP contribution in [0.25, 0.3) is 0 Å². The largest absolute Gasteiger partial charge is 0.390 e. The van der Waals surface area contributed by atoms with Gasteiger partial charge < -0.3 is 5.11 Å². The summed E-state index contributed by atoms with van der Waals surface area (Å²) in [6.07, 6.45) is 6.31. The molecule has 0 heterocycles. The van der Waals surface area contributed by atoms with Gasteiger partial charge in [-0.3, -0.25) is 0 Å². The van der Waals surface area contributed by atoms with Crippen LogP contribution in [0.15, 0.2) is 0 Å². The third kappa shape index (κ3) is 3.46. The molecule has 0 aliphatic heterocycles. The van der Waals surface area contributed by atoms with Crippen LogP contribution in [0.4, 0.5) is 4.39 Å². The van der Waals surface area contributed by atoms with Crippen molar-refractivity contribution in [2.45, 2.75) is 77.5 Å². The predicted molar refractivity (Wildman–Crippen MR) is 73.1 cm³/mol. The molecule has 0 bridgehead atoms. The van der Waals surface area contributed by atoms with Crippen molar-refractivity contribution in [2.75, 3.05) is 0 Å². The van der Waals surface area contributed by atoms with Gasteiger partial charge in [0.15, 0.2) is 0 Å². The van der Waals surface area contributed by atoms with E-state index in [0.29, 0.717) is 11.8 Å². The van der Waals surface area contributed by atoms with Gasteiger partial charge in [-0.15, -0.1) is 0 Å². The fourth-order valence-electron chi connectivity index (χ4n) is 3.57. The molecule has 3 unspecified atom stereocenters. The van der Waals surface area contributed by atoms with Gasteiger partial charge in [0.2, 0.25) is 0 Å². The van der Waals surface area contributed by atoms with E-state index in [-0.39, 0.29) is 0 Å². The Bertz CT molecular complexity index is 268. The number of hydrogen-bond acceptors (Lipinski definition) is 1. The average Bonchev–Trinajstić information content (AvgIpc) is 3.04. The molecule has 0 aromatic rings. The lowest BCUT2D eigenvalue weighted by Crippen LogP contribution is -2.35. The molecule has 106 valence electrons. The molecule has 0 radical (unpaired) electrons. The number of halogens is 1. The molecule has 0 aromatic carbocycles. The Hall–Kier alpha value is -0.110. The maximum atomic E-state index is 13.0. The molecule has 3 atom stereocenters. The lowest BCUT2D eigenvalue weighted by Gasteiger charge is -2.38. The van der Waals surface area contributed by atoms with Crippen LogP contribution in [-0.4, -0.2) is 16.9 Å². The summed E-state index contributed by atoms with van der Waals surface area (Å²) in [4.78, 5) is 0. The second kappa shape index (κ2) is 5.48. The predicted octanol–water partition coefficient (Wildman–Crippen LogP) is 4.34. The van der Waals surface area contributed by atoms with Crippen LogP contribution in [0.5, 0.6) is 0 Å². The standard InChI is InChI=1S/C16H29FO/c1-11(2)13-5-8-16(18,9-6-13)7-4-12(3)14-10-15(14)17/h11-15,18H,4-10H2,1-3H3. The van der Waals surface area contributed by atoms with Crippen molar-refractivity contribution in [3.05, 3.63) is 0 Å². The second-order valence-electron chi connectivity index (χ2n) is 7.24. The molecule has 2 saturated carbocycles. The smallest absolute Gasteiger partial charge is 0.104 e. The number of hydrogen-bond donors (Lipinski definition) is 1. The summed E-state index contributed by atoms with van der Waals surface area (Å²) < 4.78 is 13.0. The van der Waals surface area contributed by atoms with E-state index >= 15 is 0 Å². The molecule has 2 rings (SSSR count). The molecule has 1 N–H and O–H groups in total. The van der Waals surface area contributed by atoms with Gasteiger partial charge in [-0.25, -0.2) is 4.39 Å². The van der Waals surface area contributed by atoms with Crippen molar-refractivity contribution >= 4 is 0 Å². The lowest BCUT2D eigenvalue weighted by molar-refractivity contribution is -0.0267. The zero-order chi connectivity index (χ0) is 13.3. The van der Waals surface area contributed by atoms with E-state index in [9.17, 15) is 9.50 Å². The van der Waals surface area contributed by atoms with E-state index in [1.807, 2.05) is 0 Å². The first kappa shape index (κ1) is 14.3. The first-order valence-electron chi connectivity index (χ1n) is 7.78. The third-order valence-corrected chi connectivity index (χ3v) is 5.46. The lowest BCUT2D eigenvalue weighted by atomic mass is 9.72. The van der Waals surface area contributed by atoms with Crippen LogP contribution in [0, 0.1) is 23.7 Å². The van der Waals surface area contributed by atoms with Crippen LogP contribution >= 0.6 is 0 Å². The zero-order valence-corrected chi connectivity index (χ0v) is 12.2. The highest BCUT2D eigenvalue weighted by molar-refractivity contribution is 4.92. The third-order valence-electron chi connectivity index (χ3n) is 5.46. The SMILES string of the molecule is CC(C)C1CCC(O)(CCC(C)C2CC2F)CC1. The Morgan fingerprint density at radius 2 is 1.78 bits per heavy atom. The van der Waals surface area contributed by atoms with Gasteiger partial charge in [-0.2, -0.15) is 0 Å². The summed E-state index contributed by atoms with van der Waals surface area (Å²) in [6, 6.07) is 0. The van der Waals surface area contributed by atoms with E-state index in [4.69, 9.17) is 0 Å². The van der Waals surface area contributed by atoms with E-state index < -0.39 is 11.8 Å². The average molecular weight is 256 g/mol. The van der Waals surface area contributed by atoms with Crippen LogP contribution in [0.2, 0.25) is 0 Å². The molecule has 2 aliphatic rings. The molecule has 0 aromatic heterocycles. The van der Waals surface area contributed by atoms with Gasteiger partial charge in [-0.05, 0) is 68.6 Å². The number of alkyl halides is 1. The van der Waals surface area contributed by atoms with Crippen LogP contribution in [0.1, 0.15) is 65.7 Å². The fourth-order valence-corrected chi connectivity index (χ4v) is 3.57. The minimum absolute atomic E-state index is 0.292. The van der Waals surface area contributed by atoms with E-state index in [1.165, 1.54) is 0 Å². The Labute approximate surface area is 111 Å². The van der Waals surface area contributed by atoms with Gasteiger partial charge in [0.1, 0.15) is 6.17 Å². The summed E-state index contributed by atoms with van der Waals surface area (Å²) in [6.45, 7) is 6.71. The Morgan fingerprint density at radius 1 is 1.22 bits per heavy atom. The van der Waals surface area contributed by atoms with Crippen molar-refractivity contribution in [3.8, 4) is 0 Å². The topological polar surface area (TPSA) is 20.2 Å². The Morgan fingerprint density at radius 3 is 2.22 bits per heavy atom. The molecular formula is C16H29FO. The first-order chi connectivity index (χ1) is 8.41. The molecule has 2 aliphatic carbocycles. The molecule has 0 saturated heterocycles. The van der Waals surface area contributed by atoms with Gasteiger partial charge in [0, 0.05) is 0 Å².